The highest BCUT2D eigenvalue weighted by atomic mass is 32.1. The van der Waals surface area contributed by atoms with E-state index in [4.69, 9.17) is 0 Å². The van der Waals surface area contributed by atoms with E-state index >= 15 is 0 Å². The molecule has 1 heterocycles. The molecule has 0 aliphatic rings. The molecule has 0 saturated heterocycles. The highest BCUT2D eigenvalue weighted by Gasteiger charge is 2.21. The molecule has 1 aromatic carbocycles. The number of carbonyl (C=O) groups is 2. The van der Waals surface area contributed by atoms with Crippen molar-refractivity contribution in [1.82, 2.24) is 10.6 Å². The number of amides is 3. The fraction of sp³-hybridized carbons (Fsp3) is 0.368. The molecule has 25 heavy (non-hydrogen) atoms. The Balaban J connectivity index is 2.11. The predicted molar refractivity (Wildman–Crippen MR) is 101 cm³/mol. The van der Waals surface area contributed by atoms with Crippen molar-refractivity contribution in [3.05, 3.63) is 57.8 Å². The van der Waals surface area contributed by atoms with E-state index < -0.39 is 6.03 Å². The van der Waals surface area contributed by atoms with Gasteiger partial charge in [-0.25, -0.2) is 4.79 Å². The van der Waals surface area contributed by atoms with Gasteiger partial charge in [0.25, 0.3) is 5.91 Å². The second-order valence-electron chi connectivity index (χ2n) is 6.04. The summed E-state index contributed by atoms with van der Waals surface area (Å²) in [6.45, 7) is 4.59. The standard InChI is InChI=1S/C19H25N3O2S/c1-4-13(2)14-7-9-15(10-8-14)18(16-6-5-11-25-16)21-12-17(23)22-19(24)20-3/h5-11,13,18,21H,4,12H2,1-3H3,(H2,20,22,23,24)/p+1/t13-,18+/m1/s1. The smallest absolute Gasteiger partial charge is 0.321 e. The van der Waals surface area contributed by atoms with Crippen molar-refractivity contribution >= 4 is 23.3 Å². The maximum atomic E-state index is 11.9. The summed E-state index contributed by atoms with van der Waals surface area (Å²) < 4.78 is 0. The van der Waals surface area contributed by atoms with Gasteiger partial charge in [0, 0.05) is 12.6 Å². The number of urea groups is 1. The van der Waals surface area contributed by atoms with Gasteiger partial charge in [0.15, 0.2) is 6.54 Å². The van der Waals surface area contributed by atoms with Gasteiger partial charge in [0.05, 0.1) is 4.88 Å². The van der Waals surface area contributed by atoms with Crippen molar-refractivity contribution in [2.45, 2.75) is 32.2 Å². The monoisotopic (exact) mass is 360 g/mol. The van der Waals surface area contributed by atoms with Crippen molar-refractivity contribution < 1.29 is 14.9 Å². The number of hydrogen-bond donors (Lipinski definition) is 3. The molecule has 4 N–H and O–H groups in total. The van der Waals surface area contributed by atoms with Crippen LogP contribution in [-0.2, 0) is 4.79 Å². The van der Waals surface area contributed by atoms with Crippen molar-refractivity contribution in [3.8, 4) is 0 Å². The summed E-state index contributed by atoms with van der Waals surface area (Å²) in [5, 5.41) is 8.68. The van der Waals surface area contributed by atoms with Crippen molar-refractivity contribution in [2.24, 2.45) is 0 Å². The van der Waals surface area contributed by atoms with E-state index in [2.05, 4.69) is 54.8 Å². The number of hydrogen-bond acceptors (Lipinski definition) is 3. The van der Waals surface area contributed by atoms with Crippen molar-refractivity contribution in [3.63, 3.8) is 0 Å². The van der Waals surface area contributed by atoms with Crippen LogP contribution in [0.25, 0.3) is 0 Å². The second-order valence-corrected chi connectivity index (χ2v) is 7.02. The molecular formula is C19H26N3O2S+. The fourth-order valence-corrected chi connectivity index (χ4v) is 3.47. The molecule has 0 aliphatic carbocycles. The highest BCUT2D eigenvalue weighted by Crippen LogP contribution is 2.25. The summed E-state index contributed by atoms with van der Waals surface area (Å²) in [6, 6.07) is 12.3. The molecule has 134 valence electrons. The predicted octanol–water partition coefficient (Wildman–Crippen LogP) is 2.37. The third-order valence-corrected chi connectivity index (χ3v) is 5.30. The number of quaternary nitrogens is 1. The first-order valence-corrected chi connectivity index (χ1v) is 9.41. The van der Waals surface area contributed by atoms with E-state index in [0.717, 1.165) is 12.0 Å². The molecule has 3 amide bonds. The van der Waals surface area contributed by atoms with Gasteiger partial charge < -0.3 is 10.6 Å². The lowest BCUT2D eigenvalue weighted by Crippen LogP contribution is -2.87. The largest absolute Gasteiger partial charge is 0.341 e. The SMILES string of the molecule is CC[C@@H](C)c1ccc([C@H]([NH2+]CC(=O)NC(=O)NC)c2cccs2)cc1. The summed E-state index contributed by atoms with van der Waals surface area (Å²) in [5.41, 5.74) is 2.48. The highest BCUT2D eigenvalue weighted by molar-refractivity contribution is 7.10. The zero-order chi connectivity index (χ0) is 18.2. The zero-order valence-corrected chi connectivity index (χ0v) is 15.7. The molecule has 2 atom stereocenters. The lowest BCUT2D eigenvalue weighted by atomic mass is 9.95. The third-order valence-electron chi connectivity index (χ3n) is 4.35. The molecular weight excluding hydrogens is 334 g/mol. The summed E-state index contributed by atoms with van der Waals surface area (Å²) in [4.78, 5) is 24.3. The van der Waals surface area contributed by atoms with Crippen LogP contribution in [0.1, 0.15) is 48.2 Å². The molecule has 0 aliphatic heterocycles. The minimum absolute atomic E-state index is 0.0430. The van der Waals surface area contributed by atoms with Gasteiger partial charge in [0.1, 0.15) is 6.04 Å². The average molecular weight is 361 g/mol. The summed E-state index contributed by atoms with van der Waals surface area (Å²) in [6.07, 6.45) is 1.11. The summed E-state index contributed by atoms with van der Waals surface area (Å²) in [5.74, 6) is 0.230. The van der Waals surface area contributed by atoms with Crippen LogP contribution in [0.15, 0.2) is 41.8 Å². The van der Waals surface area contributed by atoms with Crippen LogP contribution in [0.5, 0.6) is 0 Å². The Morgan fingerprint density at radius 3 is 2.40 bits per heavy atom. The van der Waals surface area contributed by atoms with E-state index in [1.807, 2.05) is 16.8 Å². The summed E-state index contributed by atoms with van der Waals surface area (Å²) in [7, 11) is 1.49. The first-order valence-electron chi connectivity index (χ1n) is 8.53. The average Bonchev–Trinajstić information content (AvgIpc) is 3.16. The van der Waals surface area contributed by atoms with Gasteiger partial charge in [0.2, 0.25) is 0 Å². The topological polar surface area (TPSA) is 74.8 Å². The van der Waals surface area contributed by atoms with Gasteiger partial charge in [-0.2, -0.15) is 0 Å². The minimum atomic E-state index is -0.482. The minimum Gasteiger partial charge on any atom is -0.341 e. The Bertz CT molecular complexity index is 683. The van der Waals surface area contributed by atoms with E-state index in [9.17, 15) is 9.59 Å². The quantitative estimate of drug-likeness (QED) is 0.709. The number of nitrogens with one attached hydrogen (secondary N) is 2. The number of rotatable bonds is 7. The number of carbonyl (C=O) groups excluding carboxylic acids is 2. The van der Waals surface area contributed by atoms with Crippen molar-refractivity contribution in [1.29, 1.82) is 0 Å². The van der Waals surface area contributed by atoms with Crippen LogP contribution in [0, 0.1) is 0 Å². The number of nitrogens with two attached hydrogens (primary N) is 1. The van der Waals surface area contributed by atoms with Crippen LogP contribution in [0.2, 0.25) is 0 Å². The first kappa shape index (κ1) is 19.1. The normalized spacial score (nSPS) is 13.1. The molecule has 5 nitrogen and oxygen atoms in total. The summed E-state index contributed by atoms with van der Waals surface area (Å²) >= 11 is 1.67. The Kier molecular flexibility index (Phi) is 7.16. The zero-order valence-electron chi connectivity index (χ0n) is 14.9. The first-order chi connectivity index (χ1) is 12.0. The van der Waals surface area contributed by atoms with Crippen LogP contribution in [0.3, 0.4) is 0 Å². The molecule has 0 fully saturated rings. The molecule has 2 rings (SSSR count). The van der Waals surface area contributed by atoms with E-state index in [1.165, 1.54) is 17.5 Å². The molecule has 0 spiro atoms. The Morgan fingerprint density at radius 2 is 1.84 bits per heavy atom. The molecule has 0 unspecified atom stereocenters. The van der Waals surface area contributed by atoms with Gasteiger partial charge >= 0.3 is 6.03 Å². The van der Waals surface area contributed by atoms with Gasteiger partial charge in [-0.1, -0.05) is 44.2 Å². The number of thiophene rings is 1. The van der Waals surface area contributed by atoms with Gasteiger partial charge in [-0.05, 0) is 29.3 Å². The molecule has 0 bridgehead atoms. The van der Waals surface area contributed by atoms with E-state index in [1.54, 1.807) is 11.3 Å². The number of benzene rings is 1. The molecule has 0 saturated carbocycles. The Hall–Kier alpha value is -2.18. The van der Waals surface area contributed by atoms with Gasteiger partial charge in [-0.3, -0.25) is 10.1 Å². The maximum Gasteiger partial charge on any atom is 0.321 e. The lowest BCUT2D eigenvalue weighted by molar-refractivity contribution is -0.676. The van der Waals surface area contributed by atoms with E-state index in [0.29, 0.717) is 5.92 Å². The molecule has 1 aromatic heterocycles. The lowest BCUT2D eigenvalue weighted by Gasteiger charge is -2.16. The maximum absolute atomic E-state index is 11.9. The Morgan fingerprint density at radius 1 is 1.16 bits per heavy atom. The number of imide groups is 1. The van der Waals surface area contributed by atoms with E-state index in [-0.39, 0.29) is 18.5 Å². The Labute approximate surface area is 152 Å². The van der Waals surface area contributed by atoms with Crippen molar-refractivity contribution in [2.75, 3.05) is 13.6 Å². The molecule has 6 heteroatoms. The molecule has 0 radical (unpaired) electrons. The van der Waals surface area contributed by atoms with Crippen LogP contribution in [-0.4, -0.2) is 25.5 Å². The second kappa shape index (κ2) is 9.34. The van der Waals surface area contributed by atoms with Crippen LogP contribution < -0.4 is 16.0 Å². The fourth-order valence-electron chi connectivity index (χ4n) is 2.62. The van der Waals surface area contributed by atoms with Crippen LogP contribution in [0.4, 0.5) is 4.79 Å². The van der Waals surface area contributed by atoms with Crippen LogP contribution >= 0.6 is 11.3 Å². The molecule has 2 aromatic rings. The third kappa shape index (κ3) is 5.41. The van der Waals surface area contributed by atoms with Gasteiger partial charge in [-0.15, -0.1) is 11.3 Å².